The van der Waals surface area contributed by atoms with E-state index in [0.717, 1.165) is 23.4 Å². The average Bonchev–Trinajstić information content (AvgIpc) is 2.46. The lowest BCUT2D eigenvalue weighted by atomic mass is 10.2. The van der Waals surface area contributed by atoms with Gasteiger partial charge in [-0.1, -0.05) is 36.2 Å². The van der Waals surface area contributed by atoms with Gasteiger partial charge in [0.05, 0.1) is 12.3 Å². The molecule has 2 nitrogen and oxygen atoms in total. The number of nitrogens with zero attached hydrogens (tertiary/aromatic N) is 1. The highest BCUT2D eigenvalue weighted by atomic mass is 35.5. The highest BCUT2D eigenvalue weighted by molar-refractivity contribution is 6.30. The first-order valence-corrected chi connectivity index (χ1v) is 7.10. The third-order valence-corrected chi connectivity index (χ3v) is 3.06. The third kappa shape index (κ3) is 4.10. The zero-order chi connectivity index (χ0) is 14.4. The molecule has 2 rings (SSSR count). The third-order valence-electron chi connectivity index (χ3n) is 2.82. The largest absolute Gasteiger partial charge is 0.493 e. The normalized spacial score (nSPS) is 10.9. The summed E-state index contributed by atoms with van der Waals surface area (Å²) in [5.74, 6) is 0.812. The van der Waals surface area contributed by atoms with Crippen LogP contribution in [-0.4, -0.2) is 12.8 Å². The Labute approximate surface area is 125 Å². The van der Waals surface area contributed by atoms with Gasteiger partial charge in [-0.15, -0.1) is 0 Å². The Morgan fingerprint density at radius 2 is 1.90 bits per heavy atom. The molecule has 20 heavy (non-hydrogen) atoms. The summed E-state index contributed by atoms with van der Waals surface area (Å²) in [5.41, 5.74) is 3.03. The molecule has 0 atom stereocenters. The van der Waals surface area contributed by atoms with Crippen LogP contribution in [0, 0.1) is 6.92 Å². The Morgan fingerprint density at radius 3 is 2.60 bits per heavy atom. The van der Waals surface area contributed by atoms with Crippen LogP contribution in [0.15, 0.2) is 47.5 Å². The molecule has 2 aromatic rings. The van der Waals surface area contributed by atoms with Gasteiger partial charge < -0.3 is 4.74 Å². The summed E-state index contributed by atoms with van der Waals surface area (Å²) in [4.78, 5) is 4.46. The first kappa shape index (κ1) is 14.6. The van der Waals surface area contributed by atoms with Crippen LogP contribution in [0.25, 0.3) is 0 Å². The summed E-state index contributed by atoms with van der Waals surface area (Å²) >= 11 is 6.04. The number of benzene rings is 2. The average molecular weight is 288 g/mol. The van der Waals surface area contributed by atoms with Gasteiger partial charge in [0, 0.05) is 16.8 Å². The second-order valence-corrected chi connectivity index (χ2v) is 5.06. The van der Waals surface area contributed by atoms with Crippen molar-refractivity contribution in [3.8, 4) is 5.75 Å². The van der Waals surface area contributed by atoms with Gasteiger partial charge in [0.15, 0.2) is 0 Å². The smallest absolute Gasteiger partial charge is 0.128 e. The van der Waals surface area contributed by atoms with Gasteiger partial charge in [-0.2, -0.15) is 0 Å². The molecule has 0 saturated carbocycles. The summed E-state index contributed by atoms with van der Waals surface area (Å²) in [5, 5.41) is 0.680. The van der Waals surface area contributed by atoms with Crippen molar-refractivity contribution in [1.29, 1.82) is 0 Å². The molecular formula is C17H18ClNO. The minimum absolute atomic E-state index is 0.680. The van der Waals surface area contributed by atoms with Crippen LogP contribution in [-0.2, 0) is 0 Å². The molecule has 0 unspecified atom stereocenters. The van der Waals surface area contributed by atoms with E-state index in [1.165, 1.54) is 5.56 Å². The van der Waals surface area contributed by atoms with E-state index in [9.17, 15) is 0 Å². The molecule has 0 heterocycles. The Hall–Kier alpha value is -1.80. The van der Waals surface area contributed by atoms with Crippen LogP contribution in [0.1, 0.15) is 24.5 Å². The second-order valence-electron chi connectivity index (χ2n) is 4.62. The number of aryl methyl sites for hydroxylation is 1. The SMILES string of the molecule is CCCOc1ccc(Cl)cc1C=Nc1ccc(C)cc1. The van der Waals surface area contributed by atoms with Crippen molar-refractivity contribution in [2.24, 2.45) is 4.99 Å². The fourth-order valence-corrected chi connectivity index (χ4v) is 1.92. The Bertz CT molecular complexity index is 590. The summed E-state index contributed by atoms with van der Waals surface area (Å²) < 4.78 is 5.70. The van der Waals surface area contributed by atoms with Crippen molar-refractivity contribution in [1.82, 2.24) is 0 Å². The van der Waals surface area contributed by atoms with Crippen LogP contribution in [0.3, 0.4) is 0 Å². The molecular weight excluding hydrogens is 270 g/mol. The minimum Gasteiger partial charge on any atom is -0.493 e. The zero-order valence-corrected chi connectivity index (χ0v) is 12.5. The number of aliphatic imine (C=N–C) groups is 1. The maximum absolute atomic E-state index is 6.04. The number of hydrogen-bond donors (Lipinski definition) is 0. The molecule has 0 aromatic heterocycles. The molecule has 0 bridgehead atoms. The highest BCUT2D eigenvalue weighted by Gasteiger charge is 2.02. The van der Waals surface area contributed by atoms with Crippen molar-refractivity contribution in [3.05, 3.63) is 58.6 Å². The van der Waals surface area contributed by atoms with Crippen LogP contribution >= 0.6 is 11.6 Å². The molecule has 0 aliphatic heterocycles. The fraction of sp³-hybridized carbons (Fsp3) is 0.235. The first-order valence-electron chi connectivity index (χ1n) is 6.72. The number of hydrogen-bond acceptors (Lipinski definition) is 2. The molecule has 3 heteroatoms. The van der Waals surface area contributed by atoms with Gasteiger partial charge in [-0.05, 0) is 43.7 Å². The lowest BCUT2D eigenvalue weighted by molar-refractivity contribution is 0.317. The second kappa shape index (κ2) is 7.11. The molecule has 0 aliphatic rings. The van der Waals surface area contributed by atoms with Crippen LogP contribution in [0.2, 0.25) is 5.02 Å². The molecule has 0 aliphatic carbocycles. The first-order chi connectivity index (χ1) is 9.69. The summed E-state index contributed by atoms with van der Waals surface area (Å²) in [6.45, 7) is 4.82. The molecule has 0 radical (unpaired) electrons. The highest BCUT2D eigenvalue weighted by Crippen LogP contribution is 2.22. The van der Waals surface area contributed by atoms with E-state index >= 15 is 0 Å². The van der Waals surface area contributed by atoms with Crippen molar-refractivity contribution >= 4 is 23.5 Å². The molecule has 0 N–H and O–H groups in total. The maximum Gasteiger partial charge on any atom is 0.128 e. The van der Waals surface area contributed by atoms with Crippen molar-refractivity contribution in [2.45, 2.75) is 20.3 Å². The molecule has 0 saturated heterocycles. The summed E-state index contributed by atoms with van der Waals surface area (Å²) in [7, 11) is 0. The summed E-state index contributed by atoms with van der Waals surface area (Å²) in [6, 6.07) is 13.6. The minimum atomic E-state index is 0.680. The lowest BCUT2D eigenvalue weighted by Crippen LogP contribution is -1.98. The van der Waals surface area contributed by atoms with E-state index in [0.29, 0.717) is 11.6 Å². The van der Waals surface area contributed by atoms with Gasteiger partial charge >= 0.3 is 0 Å². The van der Waals surface area contributed by atoms with Crippen molar-refractivity contribution in [3.63, 3.8) is 0 Å². The van der Waals surface area contributed by atoms with E-state index in [-0.39, 0.29) is 0 Å². The van der Waals surface area contributed by atoms with Gasteiger partial charge in [0.1, 0.15) is 5.75 Å². The van der Waals surface area contributed by atoms with Gasteiger partial charge in [0.25, 0.3) is 0 Å². The fourth-order valence-electron chi connectivity index (χ4n) is 1.74. The van der Waals surface area contributed by atoms with Gasteiger partial charge in [-0.25, -0.2) is 0 Å². The van der Waals surface area contributed by atoms with Gasteiger partial charge in [-0.3, -0.25) is 4.99 Å². The monoisotopic (exact) mass is 287 g/mol. The molecule has 0 amide bonds. The van der Waals surface area contributed by atoms with E-state index in [1.54, 1.807) is 6.21 Å². The molecule has 2 aromatic carbocycles. The number of ether oxygens (including phenoxy) is 1. The van der Waals surface area contributed by atoms with E-state index in [1.807, 2.05) is 42.5 Å². The van der Waals surface area contributed by atoms with E-state index < -0.39 is 0 Å². The molecule has 0 spiro atoms. The van der Waals surface area contributed by atoms with Crippen LogP contribution in [0.4, 0.5) is 5.69 Å². The maximum atomic E-state index is 6.04. The predicted octanol–water partition coefficient (Wildman–Crippen LogP) is 5.19. The quantitative estimate of drug-likeness (QED) is 0.694. The number of rotatable bonds is 5. The van der Waals surface area contributed by atoms with Crippen LogP contribution < -0.4 is 4.74 Å². The van der Waals surface area contributed by atoms with Gasteiger partial charge in [0.2, 0.25) is 0 Å². The summed E-state index contributed by atoms with van der Waals surface area (Å²) in [6.07, 6.45) is 2.76. The van der Waals surface area contributed by atoms with Crippen molar-refractivity contribution in [2.75, 3.05) is 6.61 Å². The topological polar surface area (TPSA) is 21.6 Å². The number of halogens is 1. The van der Waals surface area contributed by atoms with Crippen molar-refractivity contribution < 1.29 is 4.74 Å². The lowest BCUT2D eigenvalue weighted by Gasteiger charge is -2.08. The zero-order valence-electron chi connectivity index (χ0n) is 11.8. The molecule has 104 valence electrons. The predicted molar refractivity (Wildman–Crippen MR) is 85.7 cm³/mol. The van der Waals surface area contributed by atoms with E-state index in [4.69, 9.17) is 16.3 Å². The van der Waals surface area contributed by atoms with Crippen LogP contribution in [0.5, 0.6) is 5.75 Å². The Morgan fingerprint density at radius 1 is 1.15 bits per heavy atom. The van der Waals surface area contributed by atoms with E-state index in [2.05, 4.69) is 18.8 Å². The standard InChI is InChI=1S/C17H18ClNO/c1-3-10-20-17-9-6-15(18)11-14(17)12-19-16-7-4-13(2)5-8-16/h4-9,11-12H,3,10H2,1-2H3. The molecule has 0 fully saturated rings. The Kier molecular flexibility index (Phi) is 5.19. The Balaban J connectivity index is 2.22.